The Morgan fingerprint density at radius 1 is 1.41 bits per heavy atom. The smallest absolute Gasteiger partial charge is 0.123 e. The molecule has 1 heterocycles. The second-order valence-electron chi connectivity index (χ2n) is 4.44. The average molecular weight is 238 g/mol. The number of morpholine rings is 1. The molecule has 0 amide bonds. The summed E-state index contributed by atoms with van der Waals surface area (Å²) in [4.78, 5) is 2.26. The van der Waals surface area contributed by atoms with E-state index in [2.05, 4.69) is 17.3 Å². The van der Waals surface area contributed by atoms with Crippen LogP contribution in [0.3, 0.4) is 0 Å². The second-order valence-corrected chi connectivity index (χ2v) is 4.44. The lowest BCUT2D eigenvalue weighted by Gasteiger charge is -2.39. The second kappa shape index (κ2) is 5.58. The van der Waals surface area contributed by atoms with E-state index in [0.717, 1.165) is 25.3 Å². The van der Waals surface area contributed by atoms with E-state index in [0.29, 0.717) is 0 Å². The summed E-state index contributed by atoms with van der Waals surface area (Å²) >= 11 is 0. The maximum absolute atomic E-state index is 12.9. The van der Waals surface area contributed by atoms with Crippen molar-refractivity contribution < 1.29 is 9.13 Å². The summed E-state index contributed by atoms with van der Waals surface area (Å²) in [5.41, 5.74) is 1.11. The molecule has 0 radical (unpaired) electrons. The molecule has 2 rings (SSSR count). The van der Waals surface area contributed by atoms with Gasteiger partial charge >= 0.3 is 0 Å². The van der Waals surface area contributed by atoms with Gasteiger partial charge in [0.1, 0.15) is 5.82 Å². The largest absolute Gasteiger partial charge is 0.374 e. The third-order valence-corrected chi connectivity index (χ3v) is 3.22. The first-order valence-corrected chi connectivity index (χ1v) is 5.94. The molecule has 0 aromatic heterocycles. The van der Waals surface area contributed by atoms with Crippen LogP contribution < -0.4 is 5.32 Å². The van der Waals surface area contributed by atoms with E-state index < -0.39 is 0 Å². The number of nitrogens with zero attached hydrogens (tertiary/aromatic N) is 1. The Morgan fingerprint density at radius 2 is 2.12 bits per heavy atom. The Bertz CT molecular complexity index is 353. The third kappa shape index (κ3) is 2.83. The highest BCUT2D eigenvalue weighted by Gasteiger charge is 2.30. The topological polar surface area (TPSA) is 24.5 Å². The molecule has 1 aliphatic rings. The molecule has 0 aliphatic carbocycles. The number of benzene rings is 1. The molecule has 2 atom stereocenters. The zero-order valence-corrected chi connectivity index (χ0v) is 10.3. The molecule has 3 nitrogen and oxygen atoms in total. The van der Waals surface area contributed by atoms with Crippen LogP contribution in [0.5, 0.6) is 0 Å². The lowest BCUT2D eigenvalue weighted by atomic mass is 9.98. The van der Waals surface area contributed by atoms with Crippen molar-refractivity contribution in [2.24, 2.45) is 0 Å². The number of hydrogen-bond acceptors (Lipinski definition) is 3. The molecule has 4 heteroatoms. The molecule has 0 spiro atoms. The van der Waals surface area contributed by atoms with Crippen LogP contribution >= 0.6 is 0 Å². The van der Waals surface area contributed by atoms with Gasteiger partial charge in [0.15, 0.2) is 0 Å². The minimum atomic E-state index is -0.196. The standard InChI is InChI=1S/C13H19FN2O/c1-15-9-12-13(16(2)7-8-17-12)10-3-5-11(14)6-4-10/h3-6,12-13,15H,7-9H2,1-2H3. The Kier molecular flexibility index (Phi) is 4.10. The van der Waals surface area contributed by atoms with Crippen LogP contribution in [0, 0.1) is 5.82 Å². The number of hydrogen-bond donors (Lipinski definition) is 1. The summed E-state index contributed by atoms with van der Waals surface area (Å²) in [7, 11) is 4.00. The summed E-state index contributed by atoms with van der Waals surface area (Å²) in [6.45, 7) is 2.45. The first-order valence-electron chi connectivity index (χ1n) is 5.94. The van der Waals surface area contributed by atoms with Crippen LogP contribution in [-0.4, -0.2) is 44.8 Å². The van der Waals surface area contributed by atoms with Crippen molar-refractivity contribution in [3.8, 4) is 0 Å². The van der Waals surface area contributed by atoms with Crippen molar-refractivity contribution in [3.05, 3.63) is 35.6 Å². The monoisotopic (exact) mass is 238 g/mol. The molecule has 0 saturated carbocycles. The highest BCUT2D eigenvalue weighted by atomic mass is 19.1. The number of likely N-dealkylation sites (N-methyl/N-ethyl adjacent to an activating group) is 2. The molecule has 1 aliphatic heterocycles. The highest BCUT2D eigenvalue weighted by molar-refractivity contribution is 5.21. The Hall–Kier alpha value is -0.970. The van der Waals surface area contributed by atoms with E-state index in [4.69, 9.17) is 4.74 Å². The van der Waals surface area contributed by atoms with E-state index in [1.54, 1.807) is 0 Å². The minimum Gasteiger partial charge on any atom is -0.374 e. The van der Waals surface area contributed by atoms with Crippen molar-refractivity contribution >= 4 is 0 Å². The van der Waals surface area contributed by atoms with Crippen LogP contribution in [-0.2, 0) is 4.74 Å². The molecule has 2 unspecified atom stereocenters. The van der Waals surface area contributed by atoms with Crippen molar-refractivity contribution in [2.75, 3.05) is 33.8 Å². The minimum absolute atomic E-state index is 0.115. The maximum Gasteiger partial charge on any atom is 0.123 e. The van der Waals surface area contributed by atoms with Gasteiger partial charge in [-0.3, -0.25) is 4.90 Å². The molecule has 1 aromatic rings. The molecule has 1 N–H and O–H groups in total. The normalized spacial score (nSPS) is 26.1. The van der Waals surface area contributed by atoms with Crippen LogP contribution in [0.4, 0.5) is 4.39 Å². The summed E-state index contributed by atoms with van der Waals surface area (Å²) in [5.74, 6) is -0.196. The zero-order chi connectivity index (χ0) is 12.3. The van der Waals surface area contributed by atoms with Gasteiger partial charge in [-0.1, -0.05) is 12.1 Å². The maximum atomic E-state index is 12.9. The van der Waals surface area contributed by atoms with Gasteiger partial charge in [-0.2, -0.15) is 0 Å². The SMILES string of the molecule is CNCC1OCCN(C)C1c1ccc(F)cc1. The van der Waals surface area contributed by atoms with Gasteiger partial charge in [0, 0.05) is 13.1 Å². The molecule has 1 saturated heterocycles. The number of ether oxygens (including phenoxy) is 1. The summed E-state index contributed by atoms with van der Waals surface area (Å²) in [6.07, 6.45) is 0.115. The van der Waals surface area contributed by atoms with Crippen LogP contribution in [0.25, 0.3) is 0 Å². The molecular weight excluding hydrogens is 219 g/mol. The number of rotatable bonds is 3. The molecule has 94 valence electrons. The van der Waals surface area contributed by atoms with Crippen molar-refractivity contribution in [1.82, 2.24) is 10.2 Å². The fraction of sp³-hybridized carbons (Fsp3) is 0.538. The van der Waals surface area contributed by atoms with Crippen LogP contribution in [0.1, 0.15) is 11.6 Å². The Balaban J connectivity index is 2.21. The van der Waals surface area contributed by atoms with Crippen LogP contribution in [0.15, 0.2) is 24.3 Å². The van der Waals surface area contributed by atoms with Gasteiger partial charge in [-0.05, 0) is 31.8 Å². The van der Waals surface area contributed by atoms with Crippen LogP contribution in [0.2, 0.25) is 0 Å². The number of halogens is 1. The molecule has 17 heavy (non-hydrogen) atoms. The Morgan fingerprint density at radius 3 is 2.76 bits per heavy atom. The fourth-order valence-electron chi connectivity index (χ4n) is 2.36. The van der Waals surface area contributed by atoms with Gasteiger partial charge in [-0.25, -0.2) is 4.39 Å². The fourth-order valence-corrected chi connectivity index (χ4v) is 2.36. The van der Waals surface area contributed by atoms with Crippen molar-refractivity contribution in [2.45, 2.75) is 12.1 Å². The van der Waals surface area contributed by atoms with Gasteiger partial charge < -0.3 is 10.1 Å². The van der Waals surface area contributed by atoms with Crippen molar-refractivity contribution in [1.29, 1.82) is 0 Å². The van der Waals surface area contributed by atoms with Gasteiger partial charge in [0.25, 0.3) is 0 Å². The summed E-state index contributed by atoms with van der Waals surface area (Å²) in [6, 6.07) is 6.89. The first kappa shape index (κ1) is 12.5. The van der Waals surface area contributed by atoms with E-state index in [1.807, 2.05) is 19.2 Å². The lowest BCUT2D eigenvalue weighted by molar-refractivity contribution is -0.0606. The van der Waals surface area contributed by atoms with E-state index in [1.165, 1.54) is 12.1 Å². The predicted molar refractivity (Wildman–Crippen MR) is 65.4 cm³/mol. The van der Waals surface area contributed by atoms with Crippen molar-refractivity contribution in [3.63, 3.8) is 0 Å². The van der Waals surface area contributed by atoms with Gasteiger partial charge in [0.05, 0.1) is 18.8 Å². The zero-order valence-electron chi connectivity index (χ0n) is 10.3. The quantitative estimate of drug-likeness (QED) is 0.862. The Labute approximate surface area is 102 Å². The predicted octanol–water partition coefficient (Wildman–Crippen LogP) is 1.42. The van der Waals surface area contributed by atoms with Gasteiger partial charge in [-0.15, -0.1) is 0 Å². The molecule has 1 aromatic carbocycles. The first-order chi connectivity index (χ1) is 8.22. The third-order valence-electron chi connectivity index (χ3n) is 3.22. The molecule has 1 fully saturated rings. The van der Waals surface area contributed by atoms with E-state index >= 15 is 0 Å². The average Bonchev–Trinajstić information content (AvgIpc) is 2.32. The lowest BCUT2D eigenvalue weighted by Crippen LogP contribution is -2.46. The number of nitrogens with one attached hydrogen (secondary N) is 1. The van der Waals surface area contributed by atoms with E-state index in [-0.39, 0.29) is 18.0 Å². The van der Waals surface area contributed by atoms with E-state index in [9.17, 15) is 4.39 Å². The summed E-state index contributed by atoms with van der Waals surface area (Å²) in [5, 5.41) is 3.14. The summed E-state index contributed by atoms with van der Waals surface area (Å²) < 4.78 is 18.7. The highest BCUT2D eigenvalue weighted by Crippen LogP contribution is 2.28. The van der Waals surface area contributed by atoms with Gasteiger partial charge in [0.2, 0.25) is 0 Å². The molecular formula is C13H19FN2O. The molecule has 0 bridgehead atoms.